The summed E-state index contributed by atoms with van der Waals surface area (Å²) in [7, 11) is 6.08. The highest BCUT2D eigenvalue weighted by Crippen LogP contribution is 2.40. The molecule has 1 heterocycles. The maximum absolute atomic E-state index is 14.2. The van der Waals surface area contributed by atoms with E-state index < -0.39 is 5.82 Å². The first-order valence-electron chi connectivity index (χ1n) is 8.23. The minimum absolute atomic E-state index is 0.189. The summed E-state index contributed by atoms with van der Waals surface area (Å²) in [6.07, 6.45) is 0. The van der Waals surface area contributed by atoms with Crippen LogP contribution >= 0.6 is 0 Å². The number of halogens is 1. The van der Waals surface area contributed by atoms with Crippen molar-refractivity contribution in [2.45, 2.75) is 6.92 Å². The van der Waals surface area contributed by atoms with Gasteiger partial charge in [-0.3, -0.25) is 0 Å². The van der Waals surface area contributed by atoms with E-state index in [4.69, 9.17) is 18.9 Å². The summed E-state index contributed by atoms with van der Waals surface area (Å²) >= 11 is 0. The van der Waals surface area contributed by atoms with Crippen molar-refractivity contribution in [3.05, 3.63) is 47.9 Å². The van der Waals surface area contributed by atoms with Crippen LogP contribution in [-0.4, -0.2) is 38.2 Å². The van der Waals surface area contributed by atoms with Crippen molar-refractivity contribution in [2.75, 3.05) is 28.4 Å². The maximum Gasteiger partial charge on any atom is 0.203 e. The molecule has 6 nitrogen and oxygen atoms in total. The number of benzene rings is 2. The highest BCUT2D eigenvalue weighted by molar-refractivity contribution is 5.66. The fourth-order valence-corrected chi connectivity index (χ4v) is 2.92. The van der Waals surface area contributed by atoms with Gasteiger partial charge in [0.05, 0.1) is 45.5 Å². The van der Waals surface area contributed by atoms with Crippen molar-refractivity contribution in [2.24, 2.45) is 0 Å². The molecule has 27 heavy (non-hydrogen) atoms. The molecule has 0 radical (unpaired) electrons. The van der Waals surface area contributed by atoms with Crippen LogP contribution < -0.4 is 18.9 Å². The molecule has 3 rings (SSSR count). The number of hydrogen-bond donors (Lipinski definition) is 0. The van der Waals surface area contributed by atoms with Crippen LogP contribution in [0.3, 0.4) is 0 Å². The topological polar surface area (TPSA) is 54.7 Å². The normalized spacial score (nSPS) is 10.6. The number of rotatable bonds is 6. The van der Waals surface area contributed by atoms with E-state index in [1.54, 1.807) is 50.3 Å². The summed E-state index contributed by atoms with van der Waals surface area (Å²) in [4.78, 5) is 0. The molecule has 0 spiro atoms. The van der Waals surface area contributed by atoms with E-state index in [1.807, 2.05) is 13.0 Å². The van der Waals surface area contributed by atoms with Crippen LogP contribution in [0.5, 0.6) is 23.0 Å². The van der Waals surface area contributed by atoms with Gasteiger partial charge >= 0.3 is 0 Å². The highest BCUT2D eigenvalue weighted by atomic mass is 19.1. The molecule has 0 saturated heterocycles. The molecule has 0 unspecified atom stereocenters. The van der Waals surface area contributed by atoms with Crippen LogP contribution in [0.25, 0.3) is 16.9 Å². The van der Waals surface area contributed by atoms with Gasteiger partial charge < -0.3 is 18.9 Å². The molecule has 0 atom stereocenters. The molecule has 0 amide bonds. The van der Waals surface area contributed by atoms with Crippen molar-refractivity contribution < 1.29 is 23.3 Å². The number of ether oxygens (including phenoxy) is 4. The first kappa shape index (κ1) is 18.6. The lowest BCUT2D eigenvalue weighted by molar-refractivity contribution is 0.324. The molecular formula is C20H21FN2O4. The Morgan fingerprint density at radius 3 is 1.96 bits per heavy atom. The second-order valence-electron chi connectivity index (χ2n) is 5.82. The molecule has 0 aliphatic heterocycles. The van der Waals surface area contributed by atoms with Gasteiger partial charge in [-0.2, -0.15) is 5.10 Å². The summed E-state index contributed by atoms with van der Waals surface area (Å²) in [6.45, 7) is 1.87. The first-order valence-corrected chi connectivity index (χ1v) is 8.23. The fourth-order valence-electron chi connectivity index (χ4n) is 2.92. The van der Waals surface area contributed by atoms with E-state index in [0.29, 0.717) is 28.5 Å². The van der Waals surface area contributed by atoms with E-state index >= 15 is 0 Å². The second kappa shape index (κ2) is 7.57. The second-order valence-corrected chi connectivity index (χ2v) is 5.82. The number of aryl methyl sites for hydroxylation is 1. The predicted molar refractivity (Wildman–Crippen MR) is 99.9 cm³/mol. The van der Waals surface area contributed by atoms with Gasteiger partial charge in [0.2, 0.25) is 5.75 Å². The Morgan fingerprint density at radius 1 is 0.815 bits per heavy atom. The van der Waals surface area contributed by atoms with E-state index in [0.717, 1.165) is 11.4 Å². The zero-order valence-electron chi connectivity index (χ0n) is 15.9. The van der Waals surface area contributed by atoms with Gasteiger partial charge in [-0.05, 0) is 31.2 Å². The van der Waals surface area contributed by atoms with Gasteiger partial charge in [0.15, 0.2) is 23.1 Å². The van der Waals surface area contributed by atoms with Gasteiger partial charge in [-0.15, -0.1) is 0 Å². The van der Waals surface area contributed by atoms with E-state index in [-0.39, 0.29) is 5.75 Å². The van der Waals surface area contributed by atoms with Gasteiger partial charge in [0.25, 0.3) is 0 Å². The molecule has 142 valence electrons. The Bertz CT molecular complexity index is 944. The van der Waals surface area contributed by atoms with Crippen molar-refractivity contribution in [1.29, 1.82) is 0 Å². The molecule has 3 aromatic rings. The predicted octanol–water partition coefficient (Wildman–Crippen LogP) is 4.02. The van der Waals surface area contributed by atoms with Crippen LogP contribution in [0.2, 0.25) is 0 Å². The average molecular weight is 372 g/mol. The third-order valence-corrected chi connectivity index (χ3v) is 4.17. The molecule has 0 N–H and O–H groups in total. The summed E-state index contributed by atoms with van der Waals surface area (Å²) in [5.74, 6) is 1.25. The quantitative estimate of drug-likeness (QED) is 0.654. The Balaban J connectivity index is 2.18. The Morgan fingerprint density at radius 2 is 1.44 bits per heavy atom. The van der Waals surface area contributed by atoms with Crippen molar-refractivity contribution in [1.82, 2.24) is 9.78 Å². The first-order chi connectivity index (χ1) is 13.0. The minimum atomic E-state index is -0.440. The lowest BCUT2D eigenvalue weighted by Gasteiger charge is -2.15. The van der Waals surface area contributed by atoms with E-state index in [9.17, 15) is 4.39 Å². The summed E-state index contributed by atoms with van der Waals surface area (Å²) in [5, 5.41) is 4.55. The number of hydrogen-bond acceptors (Lipinski definition) is 5. The summed E-state index contributed by atoms with van der Waals surface area (Å²) in [5.41, 5.74) is 2.88. The molecule has 0 saturated carbocycles. The average Bonchev–Trinajstić information content (AvgIpc) is 3.08. The highest BCUT2D eigenvalue weighted by Gasteiger charge is 2.18. The number of aromatic nitrogens is 2. The smallest absolute Gasteiger partial charge is 0.203 e. The van der Waals surface area contributed by atoms with Crippen LogP contribution in [0.15, 0.2) is 36.4 Å². The minimum Gasteiger partial charge on any atom is -0.494 e. The largest absolute Gasteiger partial charge is 0.494 e. The van der Waals surface area contributed by atoms with Gasteiger partial charge in [-0.25, -0.2) is 9.07 Å². The standard InChI is InChI=1S/C20H21FN2O4/c1-12-8-16(13-6-7-17(24-2)15(21)9-13)23(22-12)14-10-18(25-3)20(27-5)19(11-14)26-4/h6-11H,1-5H3. The van der Waals surface area contributed by atoms with Crippen molar-refractivity contribution >= 4 is 0 Å². The maximum atomic E-state index is 14.2. The monoisotopic (exact) mass is 372 g/mol. The molecule has 2 aromatic carbocycles. The Kier molecular flexibility index (Phi) is 5.21. The lowest BCUT2D eigenvalue weighted by Crippen LogP contribution is -2.03. The molecule has 0 bridgehead atoms. The Hall–Kier alpha value is -3.22. The SMILES string of the molecule is COc1ccc(-c2cc(C)nn2-c2cc(OC)c(OC)c(OC)c2)cc1F. The summed E-state index contributed by atoms with van der Waals surface area (Å²) < 4.78 is 37.1. The summed E-state index contributed by atoms with van der Waals surface area (Å²) in [6, 6.07) is 10.3. The van der Waals surface area contributed by atoms with Gasteiger partial charge in [0, 0.05) is 17.7 Å². The lowest BCUT2D eigenvalue weighted by atomic mass is 10.1. The fraction of sp³-hybridized carbons (Fsp3) is 0.250. The number of nitrogens with zero attached hydrogens (tertiary/aromatic N) is 2. The van der Waals surface area contributed by atoms with Gasteiger partial charge in [0.1, 0.15) is 0 Å². The Labute approximate surface area is 157 Å². The van der Waals surface area contributed by atoms with Crippen LogP contribution in [0.1, 0.15) is 5.69 Å². The molecular weight excluding hydrogens is 351 g/mol. The van der Waals surface area contributed by atoms with E-state index in [1.165, 1.54) is 13.2 Å². The van der Waals surface area contributed by atoms with Crippen molar-refractivity contribution in [3.63, 3.8) is 0 Å². The zero-order chi connectivity index (χ0) is 19.6. The number of methoxy groups -OCH3 is 4. The molecule has 1 aromatic heterocycles. The molecule has 7 heteroatoms. The van der Waals surface area contributed by atoms with Crippen LogP contribution in [-0.2, 0) is 0 Å². The van der Waals surface area contributed by atoms with Gasteiger partial charge in [-0.1, -0.05) is 0 Å². The molecule has 0 aliphatic rings. The third-order valence-electron chi connectivity index (χ3n) is 4.17. The van der Waals surface area contributed by atoms with E-state index in [2.05, 4.69) is 5.10 Å². The van der Waals surface area contributed by atoms with Crippen molar-refractivity contribution in [3.8, 4) is 39.9 Å². The third kappa shape index (κ3) is 3.40. The molecule has 0 fully saturated rings. The van der Waals surface area contributed by atoms with Crippen LogP contribution in [0, 0.1) is 12.7 Å². The zero-order valence-corrected chi connectivity index (χ0v) is 15.9. The molecule has 0 aliphatic carbocycles. The van der Waals surface area contributed by atoms with Crippen LogP contribution in [0.4, 0.5) is 4.39 Å².